The second kappa shape index (κ2) is 8.72. The van der Waals surface area contributed by atoms with E-state index in [9.17, 15) is 0 Å². The molecule has 0 aliphatic carbocycles. The molecule has 0 aliphatic heterocycles. The van der Waals surface area contributed by atoms with E-state index in [0.29, 0.717) is 0 Å². The van der Waals surface area contributed by atoms with Crippen LogP contribution in [0.3, 0.4) is 0 Å². The second-order valence-electron chi connectivity index (χ2n) is 5.53. The summed E-state index contributed by atoms with van der Waals surface area (Å²) in [5.74, 6) is 2.03. The lowest BCUT2D eigenvalue weighted by molar-refractivity contribution is 0.309. The highest BCUT2D eigenvalue weighted by Crippen LogP contribution is 2.19. The van der Waals surface area contributed by atoms with Crippen LogP contribution in [0.5, 0.6) is 5.75 Å². The van der Waals surface area contributed by atoms with Crippen molar-refractivity contribution in [1.82, 2.24) is 14.9 Å². The summed E-state index contributed by atoms with van der Waals surface area (Å²) < 4.78 is 7.47. The molecule has 6 heteroatoms. The first-order valence-corrected chi connectivity index (χ1v) is 9.14. The van der Waals surface area contributed by atoms with Crippen LogP contribution >= 0.6 is 11.8 Å². The lowest BCUT2D eigenvalue weighted by Crippen LogP contribution is -2.02. The molecule has 0 atom stereocenters. The summed E-state index contributed by atoms with van der Waals surface area (Å²) >= 11 is 1.54. The minimum Gasteiger partial charge on any atom is -0.494 e. The molecule has 1 heterocycles. The van der Waals surface area contributed by atoms with Gasteiger partial charge in [-0.2, -0.15) is 9.78 Å². The van der Waals surface area contributed by atoms with E-state index in [1.54, 1.807) is 4.68 Å². The monoisotopic (exact) mass is 332 g/mol. The number of ether oxygens (including phenoxy) is 1. The van der Waals surface area contributed by atoms with Crippen LogP contribution in [0.25, 0.3) is 0 Å². The number of nitrogens with zero attached hydrogens (tertiary/aromatic N) is 4. The van der Waals surface area contributed by atoms with Crippen LogP contribution in [0.15, 0.2) is 34.5 Å². The van der Waals surface area contributed by atoms with E-state index in [2.05, 4.69) is 36.1 Å². The predicted molar refractivity (Wildman–Crippen MR) is 95.7 cm³/mol. The van der Waals surface area contributed by atoms with Crippen molar-refractivity contribution in [3.63, 3.8) is 0 Å². The van der Waals surface area contributed by atoms with Gasteiger partial charge in [0.05, 0.1) is 12.8 Å². The molecule has 0 amide bonds. The predicted octanol–water partition coefficient (Wildman–Crippen LogP) is 4.18. The van der Waals surface area contributed by atoms with E-state index in [-0.39, 0.29) is 5.92 Å². The molecule has 5 nitrogen and oxygen atoms in total. The SMILES string of the molecule is CCCCOc1ccc(/C=N\n2c(SC)nnc2C(C)C)cc1. The second-order valence-corrected chi connectivity index (χ2v) is 6.30. The first-order chi connectivity index (χ1) is 11.2. The Balaban J connectivity index is 2.09. The number of thioether (sulfide) groups is 1. The Hall–Kier alpha value is -1.82. The number of unbranched alkanes of at least 4 members (excludes halogenated alkanes) is 1. The summed E-state index contributed by atoms with van der Waals surface area (Å²) in [4.78, 5) is 0. The largest absolute Gasteiger partial charge is 0.494 e. The van der Waals surface area contributed by atoms with Gasteiger partial charge < -0.3 is 4.74 Å². The third kappa shape index (κ3) is 4.82. The molecule has 0 fully saturated rings. The van der Waals surface area contributed by atoms with Crippen LogP contribution in [-0.2, 0) is 0 Å². The fraction of sp³-hybridized carbons (Fsp3) is 0.471. The zero-order valence-corrected chi connectivity index (χ0v) is 15.0. The van der Waals surface area contributed by atoms with Crippen LogP contribution in [0.1, 0.15) is 50.9 Å². The third-order valence-electron chi connectivity index (χ3n) is 3.30. The van der Waals surface area contributed by atoms with Gasteiger partial charge in [-0.3, -0.25) is 0 Å². The Morgan fingerprint density at radius 3 is 2.61 bits per heavy atom. The maximum Gasteiger partial charge on any atom is 0.211 e. The van der Waals surface area contributed by atoms with Crippen molar-refractivity contribution < 1.29 is 4.74 Å². The summed E-state index contributed by atoms with van der Waals surface area (Å²) in [6, 6.07) is 7.95. The highest BCUT2D eigenvalue weighted by Gasteiger charge is 2.13. The summed E-state index contributed by atoms with van der Waals surface area (Å²) in [7, 11) is 0. The first kappa shape index (κ1) is 17.5. The molecule has 124 valence electrons. The van der Waals surface area contributed by atoms with Crippen molar-refractivity contribution in [2.75, 3.05) is 12.9 Å². The van der Waals surface area contributed by atoms with E-state index in [1.807, 2.05) is 36.7 Å². The number of benzene rings is 1. The molecule has 1 aromatic carbocycles. The van der Waals surface area contributed by atoms with Crippen LogP contribution in [0, 0.1) is 0 Å². The van der Waals surface area contributed by atoms with Crippen molar-refractivity contribution in [2.45, 2.75) is 44.7 Å². The third-order valence-corrected chi connectivity index (χ3v) is 3.92. The average molecular weight is 332 g/mol. The summed E-state index contributed by atoms with van der Waals surface area (Å²) in [6.45, 7) is 7.09. The van der Waals surface area contributed by atoms with Gasteiger partial charge in [0.25, 0.3) is 0 Å². The number of aromatic nitrogens is 3. The molecular formula is C17H24N4OS. The van der Waals surface area contributed by atoms with Gasteiger partial charge in [-0.1, -0.05) is 39.0 Å². The molecule has 0 radical (unpaired) electrons. The quantitative estimate of drug-likeness (QED) is 0.413. The van der Waals surface area contributed by atoms with Crippen molar-refractivity contribution in [1.29, 1.82) is 0 Å². The standard InChI is InChI=1S/C17H24N4OS/c1-5-6-11-22-15-9-7-14(8-10-15)12-18-21-16(13(2)3)19-20-17(21)23-4/h7-10,12-13H,5-6,11H2,1-4H3/b18-12-. The normalized spacial score (nSPS) is 11.5. The molecule has 0 saturated carbocycles. The highest BCUT2D eigenvalue weighted by molar-refractivity contribution is 7.98. The minimum absolute atomic E-state index is 0.273. The van der Waals surface area contributed by atoms with Crippen LogP contribution in [0.2, 0.25) is 0 Å². The molecule has 0 N–H and O–H groups in total. The fourth-order valence-electron chi connectivity index (χ4n) is 1.98. The molecular weight excluding hydrogens is 308 g/mol. The summed E-state index contributed by atoms with van der Waals surface area (Å²) in [6.07, 6.45) is 6.01. The van der Waals surface area contributed by atoms with Crippen LogP contribution < -0.4 is 4.74 Å². The van der Waals surface area contributed by atoms with Gasteiger partial charge in [0, 0.05) is 5.92 Å². The molecule has 23 heavy (non-hydrogen) atoms. The first-order valence-electron chi connectivity index (χ1n) is 7.92. The Morgan fingerprint density at radius 2 is 2.00 bits per heavy atom. The molecule has 0 spiro atoms. The van der Waals surface area contributed by atoms with Gasteiger partial charge in [0.15, 0.2) is 5.82 Å². The lowest BCUT2D eigenvalue weighted by atomic mass is 10.2. The fourth-order valence-corrected chi connectivity index (χ4v) is 2.42. The number of hydrogen-bond donors (Lipinski definition) is 0. The van der Waals surface area contributed by atoms with Gasteiger partial charge in [-0.15, -0.1) is 10.2 Å². The molecule has 0 bridgehead atoms. The van der Waals surface area contributed by atoms with Gasteiger partial charge in [0.2, 0.25) is 5.16 Å². The molecule has 0 aliphatic rings. The van der Waals surface area contributed by atoms with E-state index in [0.717, 1.165) is 41.7 Å². The number of hydrogen-bond acceptors (Lipinski definition) is 5. The van der Waals surface area contributed by atoms with E-state index >= 15 is 0 Å². The Bertz CT molecular complexity index is 635. The van der Waals surface area contributed by atoms with Gasteiger partial charge in [0.1, 0.15) is 5.75 Å². The minimum atomic E-state index is 0.273. The van der Waals surface area contributed by atoms with E-state index < -0.39 is 0 Å². The Kier molecular flexibility index (Phi) is 6.65. The number of rotatable bonds is 8. The van der Waals surface area contributed by atoms with Gasteiger partial charge in [-0.25, -0.2) is 0 Å². The van der Waals surface area contributed by atoms with Crippen LogP contribution in [0.4, 0.5) is 0 Å². The maximum absolute atomic E-state index is 5.67. The molecule has 1 aromatic heterocycles. The van der Waals surface area contributed by atoms with E-state index in [4.69, 9.17) is 4.74 Å². The molecule has 0 unspecified atom stereocenters. The van der Waals surface area contributed by atoms with Crippen molar-refractivity contribution in [3.8, 4) is 5.75 Å². The smallest absolute Gasteiger partial charge is 0.211 e. The van der Waals surface area contributed by atoms with Crippen LogP contribution in [-0.4, -0.2) is 34.0 Å². The summed E-state index contributed by atoms with van der Waals surface area (Å²) in [5.41, 5.74) is 1.02. The molecule has 0 saturated heterocycles. The zero-order chi connectivity index (χ0) is 16.7. The maximum atomic E-state index is 5.67. The van der Waals surface area contributed by atoms with Crippen molar-refractivity contribution in [3.05, 3.63) is 35.7 Å². The summed E-state index contributed by atoms with van der Waals surface area (Å²) in [5, 5.41) is 13.7. The Labute approximate surface area is 142 Å². The molecule has 2 rings (SSSR count). The van der Waals surface area contributed by atoms with Crippen molar-refractivity contribution in [2.24, 2.45) is 5.10 Å². The molecule has 2 aromatic rings. The topological polar surface area (TPSA) is 52.3 Å². The zero-order valence-electron chi connectivity index (χ0n) is 14.2. The van der Waals surface area contributed by atoms with Gasteiger partial charge in [-0.05, 0) is 42.5 Å². The van der Waals surface area contributed by atoms with Gasteiger partial charge >= 0.3 is 0 Å². The van der Waals surface area contributed by atoms with E-state index in [1.165, 1.54) is 11.8 Å². The Morgan fingerprint density at radius 1 is 1.26 bits per heavy atom. The average Bonchev–Trinajstić information content (AvgIpc) is 2.97. The lowest BCUT2D eigenvalue weighted by Gasteiger charge is -2.06. The highest BCUT2D eigenvalue weighted by atomic mass is 32.2. The van der Waals surface area contributed by atoms with Crippen molar-refractivity contribution >= 4 is 18.0 Å².